The summed E-state index contributed by atoms with van der Waals surface area (Å²) in [4.78, 5) is 15.8. The van der Waals surface area contributed by atoms with Crippen LogP contribution in [0.1, 0.15) is 27.9 Å². The van der Waals surface area contributed by atoms with Crippen molar-refractivity contribution in [3.63, 3.8) is 0 Å². The van der Waals surface area contributed by atoms with Crippen molar-refractivity contribution in [2.75, 3.05) is 40.6 Å². The molecule has 0 bridgehead atoms. The minimum atomic E-state index is -4.55. The molecule has 0 radical (unpaired) electrons. The van der Waals surface area contributed by atoms with Crippen molar-refractivity contribution in [1.82, 2.24) is 10.2 Å². The van der Waals surface area contributed by atoms with Crippen LogP contribution >= 0.6 is 11.8 Å². The number of carbonyl (C=O) groups excluding carboxylic acids is 1. The van der Waals surface area contributed by atoms with E-state index >= 15 is 0 Å². The van der Waals surface area contributed by atoms with Gasteiger partial charge in [-0.1, -0.05) is 30.3 Å². The standard InChI is InChI=1S/C23H27F3N2O3S/c1-28-13-17(30-2)12-22(14-28,15-8-6-5-7-9-15)27-21(29)20-18(31-3)10-16(23(24,25)26)11-19(20)32-4/h5-11,17H,12-14H2,1-4H3,(H,27,29)/t17-,22-/m1/s1. The van der Waals surface area contributed by atoms with Crippen LogP contribution in [0.2, 0.25) is 0 Å². The average molecular weight is 469 g/mol. The fourth-order valence-corrected chi connectivity index (χ4v) is 4.90. The van der Waals surface area contributed by atoms with Crippen LogP contribution in [0, 0.1) is 0 Å². The Morgan fingerprint density at radius 2 is 1.91 bits per heavy atom. The van der Waals surface area contributed by atoms with Gasteiger partial charge in [0.2, 0.25) is 0 Å². The molecule has 1 N–H and O–H groups in total. The quantitative estimate of drug-likeness (QED) is 0.637. The first-order chi connectivity index (χ1) is 15.1. The maximum Gasteiger partial charge on any atom is 0.416 e. The highest BCUT2D eigenvalue weighted by Crippen LogP contribution is 2.39. The van der Waals surface area contributed by atoms with Crippen LogP contribution in [-0.4, -0.2) is 57.5 Å². The number of hydrogen-bond donors (Lipinski definition) is 1. The summed E-state index contributed by atoms with van der Waals surface area (Å²) in [6.07, 6.45) is -2.51. The number of hydrogen-bond acceptors (Lipinski definition) is 5. The zero-order valence-corrected chi connectivity index (χ0v) is 19.3. The monoisotopic (exact) mass is 468 g/mol. The van der Waals surface area contributed by atoms with E-state index in [0.29, 0.717) is 19.5 Å². The number of rotatable bonds is 6. The number of nitrogens with zero attached hydrogens (tertiary/aromatic N) is 1. The Morgan fingerprint density at radius 1 is 1.22 bits per heavy atom. The minimum Gasteiger partial charge on any atom is -0.496 e. The van der Waals surface area contributed by atoms with Crippen LogP contribution in [0.15, 0.2) is 47.4 Å². The van der Waals surface area contributed by atoms with Crippen molar-refractivity contribution >= 4 is 17.7 Å². The van der Waals surface area contributed by atoms with Gasteiger partial charge in [-0.3, -0.25) is 4.79 Å². The lowest BCUT2D eigenvalue weighted by Gasteiger charge is -2.45. The number of thioether (sulfide) groups is 1. The molecule has 174 valence electrons. The average Bonchev–Trinajstić information content (AvgIpc) is 2.77. The van der Waals surface area contributed by atoms with Gasteiger partial charge in [-0.15, -0.1) is 11.8 Å². The Hall–Kier alpha value is -2.23. The Labute approximate surface area is 190 Å². The summed E-state index contributed by atoms with van der Waals surface area (Å²) >= 11 is 1.07. The Morgan fingerprint density at radius 3 is 2.47 bits per heavy atom. The van der Waals surface area contributed by atoms with E-state index in [2.05, 4.69) is 10.2 Å². The molecule has 5 nitrogen and oxygen atoms in total. The Balaban J connectivity index is 2.07. The van der Waals surface area contributed by atoms with Gasteiger partial charge in [0.25, 0.3) is 5.91 Å². The summed E-state index contributed by atoms with van der Waals surface area (Å²) in [6, 6.07) is 11.4. The third-order valence-electron chi connectivity index (χ3n) is 5.70. The van der Waals surface area contributed by atoms with Crippen molar-refractivity contribution < 1.29 is 27.4 Å². The van der Waals surface area contributed by atoms with Crippen LogP contribution < -0.4 is 10.1 Å². The number of likely N-dealkylation sites (tertiary alicyclic amines) is 1. The highest BCUT2D eigenvalue weighted by molar-refractivity contribution is 7.98. The molecule has 1 amide bonds. The van der Waals surface area contributed by atoms with Gasteiger partial charge in [0, 0.05) is 31.5 Å². The third-order valence-corrected chi connectivity index (χ3v) is 6.47. The van der Waals surface area contributed by atoms with Crippen molar-refractivity contribution in [2.45, 2.75) is 29.1 Å². The maximum atomic E-state index is 13.6. The smallest absolute Gasteiger partial charge is 0.416 e. The predicted molar refractivity (Wildman–Crippen MR) is 118 cm³/mol. The van der Waals surface area contributed by atoms with Gasteiger partial charge >= 0.3 is 6.18 Å². The zero-order valence-electron chi connectivity index (χ0n) is 18.5. The highest BCUT2D eigenvalue weighted by atomic mass is 32.2. The topological polar surface area (TPSA) is 50.8 Å². The lowest BCUT2D eigenvalue weighted by Crippen LogP contribution is -2.59. The Kier molecular flexibility index (Phi) is 7.42. The van der Waals surface area contributed by atoms with Gasteiger partial charge in [0.1, 0.15) is 5.75 Å². The fourth-order valence-electron chi connectivity index (χ4n) is 4.26. The van der Waals surface area contributed by atoms with Crippen LogP contribution in [0.3, 0.4) is 0 Å². The van der Waals surface area contributed by atoms with Crippen molar-refractivity contribution in [1.29, 1.82) is 0 Å². The summed E-state index contributed by atoms with van der Waals surface area (Å²) < 4.78 is 50.9. The van der Waals surface area contributed by atoms with Crippen LogP contribution in [0.4, 0.5) is 13.2 Å². The van der Waals surface area contributed by atoms with Crippen LogP contribution in [0.25, 0.3) is 0 Å². The summed E-state index contributed by atoms with van der Waals surface area (Å²) in [5, 5.41) is 3.13. The molecule has 2 aromatic rings. The van der Waals surface area contributed by atoms with Gasteiger partial charge in [-0.05, 0) is 31.0 Å². The van der Waals surface area contributed by atoms with E-state index in [1.54, 1.807) is 13.4 Å². The van der Waals surface area contributed by atoms with Crippen LogP contribution in [-0.2, 0) is 16.5 Å². The van der Waals surface area contributed by atoms with Crippen molar-refractivity contribution in [2.24, 2.45) is 0 Å². The van der Waals surface area contributed by atoms with E-state index in [1.165, 1.54) is 7.11 Å². The molecule has 3 rings (SSSR count). The first-order valence-corrected chi connectivity index (χ1v) is 11.3. The zero-order chi connectivity index (χ0) is 23.5. The number of amides is 1. The molecule has 0 aliphatic carbocycles. The second-order valence-electron chi connectivity index (χ2n) is 7.91. The first kappa shape index (κ1) is 24.4. The second kappa shape index (κ2) is 9.72. The summed E-state index contributed by atoms with van der Waals surface area (Å²) in [5.74, 6) is -0.605. The molecule has 0 saturated carbocycles. The molecule has 1 fully saturated rings. The minimum absolute atomic E-state index is 0.0884. The van der Waals surface area contributed by atoms with E-state index in [0.717, 1.165) is 29.5 Å². The molecule has 1 aliphatic rings. The maximum absolute atomic E-state index is 13.6. The van der Waals surface area contributed by atoms with Crippen molar-refractivity contribution in [3.8, 4) is 5.75 Å². The number of likely N-dealkylation sites (N-methyl/N-ethyl adjacent to an activating group) is 1. The molecule has 0 unspecified atom stereocenters. The number of alkyl halides is 3. The molecule has 2 atom stereocenters. The molecule has 1 aliphatic heterocycles. The van der Waals surface area contributed by atoms with Gasteiger partial charge in [-0.2, -0.15) is 13.2 Å². The van der Waals surface area contributed by atoms with E-state index in [-0.39, 0.29) is 22.3 Å². The molecule has 0 spiro atoms. The van der Waals surface area contributed by atoms with Crippen LogP contribution in [0.5, 0.6) is 5.75 Å². The van der Waals surface area contributed by atoms with Gasteiger partial charge in [0.15, 0.2) is 0 Å². The van der Waals surface area contributed by atoms with E-state index in [4.69, 9.17) is 9.47 Å². The van der Waals surface area contributed by atoms with E-state index < -0.39 is 23.2 Å². The van der Waals surface area contributed by atoms with E-state index in [1.807, 2.05) is 37.4 Å². The largest absolute Gasteiger partial charge is 0.496 e. The molecule has 1 saturated heterocycles. The lowest BCUT2D eigenvalue weighted by atomic mass is 9.80. The molecular weight excluding hydrogens is 441 g/mol. The van der Waals surface area contributed by atoms with Gasteiger partial charge in [0.05, 0.1) is 29.9 Å². The molecule has 2 aromatic carbocycles. The summed E-state index contributed by atoms with van der Waals surface area (Å²) in [7, 11) is 4.84. The van der Waals surface area contributed by atoms with Gasteiger partial charge < -0.3 is 19.7 Å². The fraction of sp³-hybridized carbons (Fsp3) is 0.435. The number of methoxy groups -OCH3 is 2. The molecule has 0 aromatic heterocycles. The first-order valence-electron chi connectivity index (χ1n) is 10.1. The Bertz CT molecular complexity index is 930. The highest BCUT2D eigenvalue weighted by Gasteiger charge is 2.42. The molecule has 32 heavy (non-hydrogen) atoms. The van der Waals surface area contributed by atoms with Gasteiger partial charge in [-0.25, -0.2) is 0 Å². The molecule has 1 heterocycles. The SMILES string of the molecule is COc1cc(C(F)(F)F)cc(SC)c1C(=O)N[C@]1(c2ccccc2)C[C@@H](OC)CN(C)C1. The number of carbonyl (C=O) groups is 1. The lowest BCUT2D eigenvalue weighted by molar-refractivity contribution is -0.137. The predicted octanol–water partition coefficient (Wildman–Crippen LogP) is 4.41. The number of benzene rings is 2. The third kappa shape index (κ3) is 5.05. The molecular formula is C23H27F3N2O3S. The number of piperidine rings is 1. The number of halogens is 3. The molecule has 9 heteroatoms. The summed E-state index contributed by atoms with van der Waals surface area (Å²) in [6.45, 7) is 1.24. The van der Waals surface area contributed by atoms with E-state index in [9.17, 15) is 18.0 Å². The number of nitrogens with one attached hydrogen (secondary N) is 1. The van der Waals surface area contributed by atoms with Crippen molar-refractivity contribution in [3.05, 3.63) is 59.2 Å². The second-order valence-corrected chi connectivity index (χ2v) is 8.76. The number of ether oxygens (including phenoxy) is 2. The normalized spacial score (nSPS) is 21.9. The summed E-state index contributed by atoms with van der Waals surface area (Å²) in [5.41, 5.74) is -0.649.